The maximum Gasteiger partial charge on any atom is 0.306 e. The summed E-state index contributed by atoms with van der Waals surface area (Å²) < 4.78 is 4.76. The molecule has 0 radical (unpaired) electrons. The van der Waals surface area contributed by atoms with Crippen molar-refractivity contribution in [1.29, 1.82) is 0 Å². The van der Waals surface area contributed by atoms with Crippen molar-refractivity contribution >= 4 is 46.5 Å². The highest BCUT2D eigenvalue weighted by Gasteiger charge is 2.13. The molecule has 7 nitrogen and oxygen atoms in total. The van der Waals surface area contributed by atoms with Gasteiger partial charge in [-0.3, -0.25) is 30.0 Å². The minimum Gasteiger partial charge on any atom is -0.455 e. The molecule has 0 aliphatic heterocycles. The van der Waals surface area contributed by atoms with Crippen LogP contribution >= 0.6 is 22.9 Å². The number of esters is 1. The van der Waals surface area contributed by atoms with Gasteiger partial charge in [-0.2, -0.15) is 0 Å². The van der Waals surface area contributed by atoms with Crippen LogP contribution in [0.2, 0.25) is 5.02 Å². The van der Waals surface area contributed by atoms with Crippen molar-refractivity contribution in [2.45, 2.75) is 12.8 Å². The summed E-state index contributed by atoms with van der Waals surface area (Å²) in [5, 5.41) is 2.25. The number of hydrogen-bond acceptors (Lipinski definition) is 6. The molecule has 2 N–H and O–H groups in total. The van der Waals surface area contributed by atoms with Gasteiger partial charge in [-0.15, -0.1) is 11.3 Å². The van der Waals surface area contributed by atoms with Crippen LogP contribution in [0.5, 0.6) is 0 Å². The van der Waals surface area contributed by atoms with Crippen molar-refractivity contribution < 1.29 is 23.9 Å². The minimum atomic E-state index is -0.703. The third-order valence-electron chi connectivity index (χ3n) is 3.14. The van der Waals surface area contributed by atoms with E-state index in [2.05, 4.69) is 10.9 Å². The van der Waals surface area contributed by atoms with Crippen LogP contribution in [0.4, 0.5) is 0 Å². The van der Waals surface area contributed by atoms with Crippen LogP contribution in [-0.4, -0.2) is 30.2 Å². The first-order valence-corrected chi connectivity index (χ1v) is 8.78. The van der Waals surface area contributed by atoms with Crippen LogP contribution in [-0.2, 0) is 14.3 Å². The quantitative estimate of drug-likeness (QED) is 0.426. The van der Waals surface area contributed by atoms with Gasteiger partial charge < -0.3 is 4.74 Å². The van der Waals surface area contributed by atoms with Crippen LogP contribution in [0, 0.1) is 0 Å². The van der Waals surface area contributed by atoms with Crippen molar-refractivity contribution in [3.05, 3.63) is 57.2 Å². The second kappa shape index (κ2) is 9.69. The zero-order valence-electron chi connectivity index (χ0n) is 13.5. The first-order chi connectivity index (χ1) is 12.5. The van der Waals surface area contributed by atoms with Crippen LogP contribution in [0.1, 0.15) is 32.9 Å². The fraction of sp³-hybridized carbons (Fsp3) is 0.176. The summed E-state index contributed by atoms with van der Waals surface area (Å²) in [5.74, 6) is -2.07. The highest BCUT2D eigenvalue weighted by molar-refractivity contribution is 7.12. The van der Waals surface area contributed by atoms with Gasteiger partial charge in [0, 0.05) is 17.0 Å². The number of rotatable bonds is 7. The van der Waals surface area contributed by atoms with E-state index in [0.717, 1.165) is 0 Å². The smallest absolute Gasteiger partial charge is 0.306 e. The predicted molar refractivity (Wildman–Crippen MR) is 95.9 cm³/mol. The van der Waals surface area contributed by atoms with Gasteiger partial charge in [0.15, 0.2) is 12.4 Å². The Morgan fingerprint density at radius 1 is 1.00 bits per heavy atom. The van der Waals surface area contributed by atoms with E-state index in [1.165, 1.54) is 35.6 Å². The molecule has 136 valence electrons. The van der Waals surface area contributed by atoms with Gasteiger partial charge in [0.2, 0.25) is 0 Å². The van der Waals surface area contributed by atoms with Crippen LogP contribution in [0.3, 0.4) is 0 Å². The largest absolute Gasteiger partial charge is 0.455 e. The van der Waals surface area contributed by atoms with Gasteiger partial charge in [0.1, 0.15) is 0 Å². The summed E-state index contributed by atoms with van der Waals surface area (Å²) >= 11 is 7.01. The standard InChI is InChI=1S/C17H15ClN2O5S/c18-12-5-3-11(4-6-12)17(24)20-19-15(22)10-25-16(23)8-7-13(21)14-2-1-9-26-14/h1-6,9H,7-8,10H2,(H,19,22)(H,20,24). The molecule has 2 amide bonds. The molecule has 0 unspecified atom stereocenters. The lowest BCUT2D eigenvalue weighted by Gasteiger charge is -2.08. The molecule has 0 spiro atoms. The number of Topliss-reactive ketones (excluding diaryl/α,β-unsaturated/α-hetero) is 1. The Bertz CT molecular complexity index is 790. The molecule has 0 fully saturated rings. The monoisotopic (exact) mass is 394 g/mol. The van der Waals surface area contributed by atoms with E-state index in [4.69, 9.17) is 16.3 Å². The minimum absolute atomic E-state index is 0.00820. The Hall–Kier alpha value is -2.71. The van der Waals surface area contributed by atoms with Gasteiger partial charge in [-0.1, -0.05) is 17.7 Å². The summed E-state index contributed by atoms with van der Waals surface area (Å²) in [6.45, 7) is -0.563. The molecule has 0 aliphatic carbocycles. The molecule has 26 heavy (non-hydrogen) atoms. The number of hydrazine groups is 1. The molecular weight excluding hydrogens is 380 g/mol. The van der Waals surface area contributed by atoms with Crippen LogP contribution < -0.4 is 10.9 Å². The Kier molecular flexibility index (Phi) is 7.31. The topological polar surface area (TPSA) is 102 Å². The Balaban J connectivity index is 1.64. The van der Waals surface area contributed by atoms with E-state index in [1.54, 1.807) is 17.5 Å². The average molecular weight is 395 g/mol. The molecular formula is C17H15ClN2O5S. The molecule has 0 saturated carbocycles. The summed E-state index contributed by atoms with van der Waals surface area (Å²) in [4.78, 5) is 47.2. The molecule has 0 saturated heterocycles. The Morgan fingerprint density at radius 2 is 1.73 bits per heavy atom. The number of ketones is 1. The number of benzene rings is 1. The van der Waals surface area contributed by atoms with Crippen molar-refractivity contribution in [3.8, 4) is 0 Å². The van der Waals surface area contributed by atoms with Crippen molar-refractivity contribution in [2.24, 2.45) is 0 Å². The number of thiophene rings is 1. The molecule has 9 heteroatoms. The molecule has 2 rings (SSSR count). The third kappa shape index (κ3) is 6.30. The summed E-state index contributed by atoms with van der Waals surface area (Å²) in [6, 6.07) is 9.49. The summed E-state index contributed by atoms with van der Waals surface area (Å²) in [6.07, 6.45) is -0.116. The number of carbonyl (C=O) groups excluding carboxylic acids is 4. The number of carbonyl (C=O) groups is 4. The van der Waals surface area contributed by atoms with Crippen molar-refractivity contribution in [1.82, 2.24) is 10.9 Å². The number of hydrogen-bond donors (Lipinski definition) is 2. The normalized spacial score (nSPS) is 10.0. The average Bonchev–Trinajstić information content (AvgIpc) is 3.17. The second-order valence-electron chi connectivity index (χ2n) is 5.07. The zero-order chi connectivity index (χ0) is 18.9. The van der Waals surface area contributed by atoms with Crippen molar-refractivity contribution in [3.63, 3.8) is 0 Å². The highest BCUT2D eigenvalue weighted by Crippen LogP contribution is 2.12. The maximum absolute atomic E-state index is 11.8. The lowest BCUT2D eigenvalue weighted by molar-refractivity contribution is -0.148. The third-order valence-corrected chi connectivity index (χ3v) is 4.30. The summed E-state index contributed by atoms with van der Waals surface area (Å²) in [5.41, 5.74) is 4.61. The number of halogens is 1. The second-order valence-corrected chi connectivity index (χ2v) is 6.45. The lowest BCUT2D eigenvalue weighted by atomic mass is 10.2. The van der Waals surface area contributed by atoms with Gasteiger partial charge >= 0.3 is 5.97 Å². The molecule has 1 heterocycles. The maximum atomic E-state index is 11.8. The Labute approximate surface area is 158 Å². The molecule has 0 aliphatic rings. The fourth-order valence-corrected chi connectivity index (χ4v) is 2.65. The van der Waals surface area contributed by atoms with Gasteiger partial charge in [-0.05, 0) is 35.7 Å². The van der Waals surface area contributed by atoms with E-state index in [1.807, 2.05) is 0 Å². The van der Waals surface area contributed by atoms with Gasteiger partial charge in [0.25, 0.3) is 11.8 Å². The number of nitrogens with one attached hydrogen (secondary N) is 2. The van der Waals surface area contributed by atoms with Crippen LogP contribution in [0.25, 0.3) is 0 Å². The first-order valence-electron chi connectivity index (χ1n) is 7.53. The fourth-order valence-electron chi connectivity index (χ4n) is 1.83. The molecule has 0 bridgehead atoms. The van der Waals surface area contributed by atoms with E-state index in [-0.39, 0.29) is 18.6 Å². The molecule has 0 atom stereocenters. The summed E-state index contributed by atoms with van der Waals surface area (Å²) in [7, 11) is 0. The Morgan fingerprint density at radius 3 is 2.38 bits per heavy atom. The van der Waals surface area contributed by atoms with E-state index in [9.17, 15) is 19.2 Å². The number of ether oxygens (including phenoxy) is 1. The SMILES string of the molecule is O=C(COC(=O)CCC(=O)c1cccs1)NNC(=O)c1ccc(Cl)cc1. The first kappa shape index (κ1) is 19.6. The van der Waals surface area contributed by atoms with E-state index in [0.29, 0.717) is 15.5 Å². The molecule has 1 aromatic heterocycles. The highest BCUT2D eigenvalue weighted by atomic mass is 35.5. The van der Waals surface area contributed by atoms with Gasteiger partial charge in [-0.25, -0.2) is 0 Å². The molecule has 2 aromatic rings. The lowest BCUT2D eigenvalue weighted by Crippen LogP contribution is -2.43. The van der Waals surface area contributed by atoms with E-state index >= 15 is 0 Å². The van der Waals surface area contributed by atoms with Crippen LogP contribution in [0.15, 0.2) is 41.8 Å². The van der Waals surface area contributed by atoms with E-state index < -0.39 is 24.4 Å². The predicted octanol–water partition coefficient (Wildman–Crippen LogP) is 2.37. The van der Waals surface area contributed by atoms with Crippen molar-refractivity contribution in [2.75, 3.05) is 6.61 Å². The van der Waals surface area contributed by atoms with Gasteiger partial charge in [0.05, 0.1) is 11.3 Å². The zero-order valence-corrected chi connectivity index (χ0v) is 15.1. The number of amides is 2. The molecule has 1 aromatic carbocycles.